The highest BCUT2D eigenvalue weighted by Crippen LogP contribution is 2.46. The van der Waals surface area contributed by atoms with Crippen LogP contribution in [0.15, 0.2) is 48.7 Å². The molecule has 0 spiro atoms. The van der Waals surface area contributed by atoms with Crippen LogP contribution in [0, 0.1) is 6.92 Å². The van der Waals surface area contributed by atoms with Crippen LogP contribution in [0.1, 0.15) is 65.5 Å². The van der Waals surface area contributed by atoms with E-state index in [1.807, 2.05) is 19.1 Å². The van der Waals surface area contributed by atoms with Gasteiger partial charge in [0, 0.05) is 36.8 Å². The third-order valence-electron chi connectivity index (χ3n) is 7.70. The second-order valence-corrected chi connectivity index (χ2v) is 12.2. The highest BCUT2D eigenvalue weighted by Gasteiger charge is 2.31. The lowest BCUT2D eigenvalue weighted by molar-refractivity contribution is 0.0980. The van der Waals surface area contributed by atoms with Gasteiger partial charge in [0.25, 0.3) is 5.91 Å². The van der Waals surface area contributed by atoms with Gasteiger partial charge in [-0.3, -0.25) is 4.79 Å². The van der Waals surface area contributed by atoms with Crippen LogP contribution in [0.3, 0.4) is 0 Å². The molecule has 9 heteroatoms. The summed E-state index contributed by atoms with van der Waals surface area (Å²) in [6, 6.07) is 14.0. The molecule has 8 nitrogen and oxygen atoms in total. The third-order valence-corrected chi connectivity index (χ3v) is 9.10. The van der Waals surface area contributed by atoms with Gasteiger partial charge >= 0.3 is 10.2 Å². The number of carbonyl (C=O) groups is 1. The lowest BCUT2D eigenvalue weighted by atomic mass is 9.81. The maximum Gasteiger partial charge on any atom is 0.303 e. The van der Waals surface area contributed by atoms with E-state index in [-0.39, 0.29) is 0 Å². The molecule has 4 aromatic rings. The first kappa shape index (κ1) is 23.9. The molecule has 1 aliphatic carbocycles. The van der Waals surface area contributed by atoms with E-state index in [0.29, 0.717) is 18.0 Å². The fourth-order valence-electron chi connectivity index (χ4n) is 5.94. The molecule has 0 bridgehead atoms. The molecule has 0 radical (unpaired) electrons. The molecule has 1 fully saturated rings. The first-order chi connectivity index (χ1) is 17.7. The quantitative estimate of drug-likeness (QED) is 0.373. The molecule has 2 aliphatic rings. The molecule has 0 saturated heterocycles. The molecule has 1 aliphatic heterocycles. The van der Waals surface area contributed by atoms with Crippen molar-refractivity contribution in [3.63, 3.8) is 0 Å². The Labute approximate surface area is 217 Å². The van der Waals surface area contributed by atoms with E-state index in [1.165, 1.54) is 44.6 Å². The second kappa shape index (κ2) is 8.85. The molecule has 3 heterocycles. The number of carbonyl (C=O) groups excluding carboxylic acids is 1. The summed E-state index contributed by atoms with van der Waals surface area (Å²) < 4.78 is 32.3. The number of aryl methyl sites for hydroxylation is 1. The molecule has 6 rings (SSSR count). The molecule has 1 amide bonds. The molecule has 0 unspecified atom stereocenters. The summed E-state index contributed by atoms with van der Waals surface area (Å²) in [6.07, 6.45) is 8.04. The van der Waals surface area contributed by atoms with Crippen LogP contribution in [-0.2, 0) is 16.8 Å². The lowest BCUT2D eigenvalue weighted by Crippen LogP contribution is -2.39. The fraction of sp³-hybridized carbons (Fsp3) is 0.357. The Morgan fingerprint density at radius 3 is 2.59 bits per heavy atom. The van der Waals surface area contributed by atoms with Crippen molar-refractivity contribution in [3.05, 3.63) is 71.3 Å². The van der Waals surface area contributed by atoms with Crippen molar-refractivity contribution in [3.8, 4) is 16.9 Å². The Bertz CT molecular complexity index is 1640. The average Bonchev–Trinajstić information content (AvgIpc) is 3.37. The number of amides is 1. The van der Waals surface area contributed by atoms with Gasteiger partial charge in [0.2, 0.25) is 0 Å². The molecular weight excluding hydrogens is 486 g/mol. The van der Waals surface area contributed by atoms with Crippen LogP contribution in [0.4, 0.5) is 0 Å². The Hall–Kier alpha value is -3.43. The minimum Gasteiger partial charge on any atom is -0.332 e. The largest absolute Gasteiger partial charge is 0.332 e. The molecule has 37 heavy (non-hydrogen) atoms. The van der Waals surface area contributed by atoms with Crippen LogP contribution < -0.4 is 4.72 Å². The molecule has 1 saturated carbocycles. The zero-order valence-electron chi connectivity index (χ0n) is 21.4. The number of aromatic nitrogens is 3. The van der Waals surface area contributed by atoms with Gasteiger partial charge in [-0.05, 0) is 49.4 Å². The molecule has 2 aromatic heterocycles. The number of benzene rings is 2. The van der Waals surface area contributed by atoms with Crippen molar-refractivity contribution in [2.75, 3.05) is 14.1 Å². The van der Waals surface area contributed by atoms with Gasteiger partial charge in [0.1, 0.15) is 5.82 Å². The van der Waals surface area contributed by atoms with E-state index >= 15 is 0 Å². The maximum atomic E-state index is 13.0. The summed E-state index contributed by atoms with van der Waals surface area (Å²) in [5, 5.41) is 1.13. The topological polar surface area (TPSA) is 89.2 Å². The first-order valence-electron chi connectivity index (χ1n) is 12.8. The predicted octanol–water partition coefficient (Wildman–Crippen LogP) is 4.75. The summed E-state index contributed by atoms with van der Waals surface area (Å²) in [5.41, 5.74) is 6.95. The van der Waals surface area contributed by atoms with Crippen molar-refractivity contribution in [1.29, 1.82) is 0 Å². The van der Waals surface area contributed by atoms with E-state index in [1.54, 1.807) is 6.07 Å². The van der Waals surface area contributed by atoms with Crippen molar-refractivity contribution in [1.82, 2.24) is 23.1 Å². The van der Waals surface area contributed by atoms with Crippen molar-refractivity contribution in [2.45, 2.75) is 51.5 Å². The van der Waals surface area contributed by atoms with Gasteiger partial charge in [-0.25, -0.2) is 9.71 Å². The minimum absolute atomic E-state index is 0.311. The Morgan fingerprint density at radius 1 is 1.08 bits per heavy atom. The number of hydrogen-bond donors (Lipinski definition) is 1. The first-order valence-corrected chi connectivity index (χ1v) is 14.2. The normalized spacial score (nSPS) is 15.8. The third kappa shape index (κ3) is 3.97. The maximum absolute atomic E-state index is 13.0. The van der Waals surface area contributed by atoms with Gasteiger partial charge in [-0.1, -0.05) is 43.5 Å². The molecular formula is C28H31N5O3S. The highest BCUT2D eigenvalue weighted by atomic mass is 32.2. The predicted molar refractivity (Wildman–Crippen MR) is 144 cm³/mol. The fourth-order valence-corrected chi connectivity index (χ4v) is 6.47. The summed E-state index contributed by atoms with van der Waals surface area (Å²) in [5.74, 6) is 0.721. The van der Waals surface area contributed by atoms with Crippen LogP contribution in [0.5, 0.6) is 0 Å². The SMILES string of the molecule is Cc1cn2c(n1)Cn1c(c(C3CCCCC3)c3ccc(C(=O)NS(=O)(=O)N(C)C)cc31)-c1ccccc1-2. The van der Waals surface area contributed by atoms with Gasteiger partial charge in [-0.15, -0.1) is 0 Å². The van der Waals surface area contributed by atoms with Crippen LogP contribution in [0.25, 0.3) is 27.8 Å². The van der Waals surface area contributed by atoms with E-state index in [2.05, 4.69) is 44.3 Å². The van der Waals surface area contributed by atoms with E-state index in [0.717, 1.165) is 50.8 Å². The van der Waals surface area contributed by atoms with Crippen molar-refractivity contribution in [2.24, 2.45) is 0 Å². The van der Waals surface area contributed by atoms with Gasteiger partial charge in [-0.2, -0.15) is 12.7 Å². The minimum atomic E-state index is -3.90. The van der Waals surface area contributed by atoms with E-state index in [9.17, 15) is 13.2 Å². The van der Waals surface area contributed by atoms with Crippen molar-refractivity contribution >= 4 is 27.0 Å². The number of hydrogen-bond acceptors (Lipinski definition) is 4. The molecule has 2 aromatic carbocycles. The molecule has 192 valence electrons. The zero-order chi connectivity index (χ0) is 25.9. The number of imidazole rings is 1. The van der Waals surface area contributed by atoms with Crippen LogP contribution >= 0.6 is 0 Å². The monoisotopic (exact) mass is 517 g/mol. The van der Waals surface area contributed by atoms with Gasteiger partial charge < -0.3 is 9.13 Å². The molecule has 1 N–H and O–H groups in total. The summed E-state index contributed by atoms with van der Waals surface area (Å²) in [6.45, 7) is 2.56. The second-order valence-electron chi connectivity index (χ2n) is 10.3. The van der Waals surface area contributed by atoms with Gasteiger partial charge in [0.05, 0.1) is 29.1 Å². The smallest absolute Gasteiger partial charge is 0.303 e. The standard InChI is InChI=1S/C28H31N5O3S/c1-18-16-32-23-12-8-7-11-22(23)27-26(19-9-5-4-6-10-19)21-14-13-20(28(34)30-37(35,36)31(2)3)15-24(21)33(27)17-25(32)29-18/h7-8,11-16,19H,4-6,9-10,17H2,1-3H3,(H,30,34). The Kier molecular flexibility index (Phi) is 5.72. The Balaban J connectivity index is 1.60. The number of nitrogens with zero attached hydrogens (tertiary/aromatic N) is 4. The summed E-state index contributed by atoms with van der Waals surface area (Å²) >= 11 is 0. The van der Waals surface area contributed by atoms with E-state index in [4.69, 9.17) is 4.98 Å². The number of fused-ring (bicyclic) bond motifs is 7. The average molecular weight is 518 g/mol. The number of nitrogens with one attached hydrogen (secondary N) is 1. The van der Waals surface area contributed by atoms with Gasteiger partial charge in [0.15, 0.2) is 0 Å². The van der Waals surface area contributed by atoms with Crippen LogP contribution in [-0.4, -0.2) is 46.8 Å². The van der Waals surface area contributed by atoms with E-state index < -0.39 is 16.1 Å². The lowest BCUT2D eigenvalue weighted by Gasteiger charge is -2.24. The summed E-state index contributed by atoms with van der Waals surface area (Å²) in [4.78, 5) is 17.9. The highest BCUT2D eigenvalue weighted by molar-refractivity contribution is 7.87. The number of para-hydroxylation sites is 1. The van der Waals surface area contributed by atoms with Crippen LogP contribution in [0.2, 0.25) is 0 Å². The number of rotatable bonds is 4. The molecule has 0 atom stereocenters. The Morgan fingerprint density at radius 2 is 1.84 bits per heavy atom. The zero-order valence-corrected chi connectivity index (χ0v) is 22.2. The summed E-state index contributed by atoms with van der Waals surface area (Å²) in [7, 11) is -1.11. The van der Waals surface area contributed by atoms with Crippen molar-refractivity contribution < 1.29 is 13.2 Å².